The third-order valence-corrected chi connectivity index (χ3v) is 3.06. The summed E-state index contributed by atoms with van der Waals surface area (Å²) < 4.78 is 0. The van der Waals surface area contributed by atoms with Crippen molar-refractivity contribution in [1.29, 1.82) is 0 Å². The number of carbonyl (C=O) groups is 4. The van der Waals surface area contributed by atoms with Gasteiger partial charge < -0.3 is 20.4 Å². The number of carboxylic acids is 4. The lowest BCUT2D eigenvalue weighted by Gasteiger charge is -2.10. The molecule has 0 bridgehead atoms. The van der Waals surface area contributed by atoms with E-state index in [1.54, 1.807) is 0 Å². The molecule has 0 unspecified atom stereocenters. The minimum atomic E-state index is -1.62. The molecule has 0 aliphatic carbocycles. The highest BCUT2D eigenvalue weighted by atomic mass is 16.4. The zero-order valence-corrected chi connectivity index (χ0v) is 10.7. The van der Waals surface area contributed by atoms with Crippen LogP contribution in [-0.2, 0) is 0 Å². The first-order valence-corrected chi connectivity index (χ1v) is 5.78. The molecule has 2 aromatic rings. The van der Waals surface area contributed by atoms with Crippen LogP contribution in [0.25, 0.3) is 10.8 Å². The van der Waals surface area contributed by atoms with Gasteiger partial charge in [-0.25, -0.2) is 19.2 Å². The lowest BCUT2D eigenvalue weighted by Crippen LogP contribution is -2.12. The van der Waals surface area contributed by atoms with E-state index in [1.165, 1.54) is 0 Å². The Morgan fingerprint density at radius 2 is 1.23 bits per heavy atom. The van der Waals surface area contributed by atoms with Gasteiger partial charge in [-0.1, -0.05) is 6.07 Å². The molecule has 0 fully saturated rings. The SMILES string of the molecule is O=C(O)c1ccc2c(C(=O)O)cc(C(=O)O)c(C(=O)O)c2c1. The molecule has 2 rings (SSSR count). The van der Waals surface area contributed by atoms with Crippen molar-refractivity contribution >= 4 is 34.6 Å². The minimum absolute atomic E-state index is 0.0556. The molecular formula is C14H8O8. The maximum absolute atomic E-state index is 11.3. The second-order valence-electron chi connectivity index (χ2n) is 4.33. The molecule has 0 aliphatic heterocycles. The second kappa shape index (κ2) is 5.17. The summed E-state index contributed by atoms with van der Waals surface area (Å²) in [5.74, 6) is -6.02. The Morgan fingerprint density at radius 3 is 1.68 bits per heavy atom. The van der Waals surface area contributed by atoms with Crippen molar-refractivity contribution in [2.75, 3.05) is 0 Å². The first-order valence-electron chi connectivity index (χ1n) is 5.78. The van der Waals surface area contributed by atoms with Crippen LogP contribution in [0.15, 0.2) is 24.3 Å². The van der Waals surface area contributed by atoms with Gasteiger partial charge in [0.2, 0.25) is 0 Å². The van der Waals surface area contributed by atoms with Crippen molar-refractivity contribution in [2.24, 2.45) is 0 Å². The summed E-state index contributed by atoms with van der Waals surface area (Å²) in [5, 5.41) is 36.1. The van der Waals surface area contributed by atoms with E-state index < -0.39 is 40.6 Å². The number of rotatable bonds is 4. The van der Waals surface area contributed by atoms with Crippen LogP contribution in [0, 0.1) is 0 Å². The van der Waals surface area contributed by atoms with E-state index in [1.807, 2.05) is 0 Å². The van der Waals surface area contributed by atoms with Gasteiger partial charge in [-0.05, 0) is 29.0 Å². The molecule has 0 saturated heterocycles. The van der Waals surface area contributed by atoms with E-state index in [2.05, 4.69) is 0 Å². The summed E-state index contributed by atoms with van der Waals surface area (Å²) in [5.41, 5.74) is -2.08. The number of hydrogen-bond acceptors (Lipinski definition) is 4. The fourth-order valence-corrected chi connectivity index (χ4v) is 2.13. The maximum Gasteiger partial charge on any atom is 0.337 e. The number of carboxylic acid groups (broad SMARTS) is 4. The van der Waals surface area contributed by atoms with Crippen molar-refractivity contribution in [2.45, 2.75) is 0 Å². The highest BCUT2D eigenvalue weighted by molar-refractivity contribution is 6.17. The van der Waals surface area contributed by atoms with E-state index in [0.29, 0.717) is 0 Å². The molecular weight excluding hydrogens is 296 g/mol. The highest BCUT2D eigenvalue weighted by Gasteiger charge is 2.24. The Labute approximate surface area is 121 Å². The van der Waals surface area contributed by atoms with E-state index in [4.69, 9.17) is 15.3 Å². The summed E-state index contributed by atoms with van der Waals surface area (Å²) in [4.78, 5) is 44.8. The van der Waals surface area contributed by atoms with Crippen molar-refractivity contribution in [3.05, 3.63) is 46.5 Å². The first-order chi connectivity index (χ1) is 10.2. The minimum Gasteiger partial charge on any atom is -0.478 e. The molecule has 4 N–H and O–H groups in total. The Bertz CT molecular complexity index is 850. The highest BCUT2D eigenvalue weighted by Crippen LogP contribution is 2.28. The van der Waals surface area contributed by atoms with Crippen molar-refractivity contribution in [3.8, 4) is 0 Å². The monoisotopic (exact) mass is 304 g/mol. The second-order valence-corrected chi connectivity index (χ2v) is 4.33. The van der Waals surface area contributed by atoms with Gasteiger partial charge in [0.15, 0.2) is 0 Å². The van der Waals surface area contributed by atoms with Gasteiger partial charge in [0, 0.05) is 0 Å². The average Bonchev–Trinajstić information content (AvgIpc) is 2.43. The zero-order chi connectivity index (χ0) is 16.6. The van der Waals surface area contributed by atoms with Gasteiger partial charge in [0.1, 0.15) is 0 Å². The van der Waals surface area contributed by atoms with E-state index in [9.17, 15) is 24.3 Å². The third-order valence-electron chi connectivity index (χ3n) is 3.06. The summed E-state index contributed by atoms with van der Waals surface area (Å²) in [6, 6.07) is 3.94. The number of fused-ring (bicyclic) bond motifs is 1. The number of benzene rings is 2. The summed E-state index contributed by atoms with van der Waals surface area (Å²) >= 11 is 0. The third kappa shape index (κ3) is 2.33. The molecule has 0 aliphatic rings. The fraction of sp³-hybridized carbons (Fsp3) is 0. The van der Waals surface area contributed by atoms with Gasteiger partial charge in [-0.2, -0.15) is 0 Å². The molecule has 2 aromatic carbocycles. The molecule has 0 amide bonds. The van der Waals surface area contributed by atoms with Crippen LogP contribution >= 0.6 is 0 Å². The number of aromatic carboxylic acids is 4. The standard InChI is InChI=1S/C14H8O8/c15-11(16)5-1-2-6-7(3-5)10(14(21)22)9(13(19)20)4-8(6)12(17)18/h1-4H,(H,15,16)(H,17,18)(H,19,20)(H,21,22). The molecule has 8 nitrogen and oxygen atoms in total. The van der Waals surface area contributed by atoms with E-state index in [-0.39, 0.29) is 16.3 Å². The Kier molecular flexibility index (Phi) is 3.52. The van der Waals surface area contributed by atoms with Crippen molar-refractivity contribution < 1.29 is 39.6 Å². The molecule has 0 heterocycles. The van der Waals surface area contributed by atoms with Crippen LogP contribution in [0.1, 0.15) is 41.4 Å². The Morgan fingerprint density at radius 1 is 0.636 bits per heavy atom. The number of hydrogen-bond donors (Lipinski definition) is 4. The smallest absolute Gasteiger partial charge is 0.337 e. The van der Waals surface area contributed by atoms with Gasteiger partial charge in [0.05, 0.1) is 22.3 Å². The van der Waals surface area contributed by atoms with Crippen LogP contribution in [0.5, 0.6) is 0 Å². The average molecular weight is 304 g/mol. The normalized spacial score (nSPS) is 10.4. The van der Waals surface area contributed by atoms with E-state index >= 15 is 0 Å². The van der Waals surface area contributed by atoms with Crippen LogP contribution < -0.4 is 0 Å². The van der Waals surface area contributed by atoms with Crippen molar-refractivity contribution in [3.63, 3.8) is 0 Å². The summed E-state index contributed by atoms with van der Waals surface area (Å²) in [6.45, 7) is 0. The largest absolute Gasteiger partial charge is 0.478 e. The molecule has 112 valence electrons. The Balaban J connectivity index is 3.06. The lowest BCUT2D eigenvalue weighted by molar-refractivity contribution is 0.0651. The van der Waals surface area contributed by atoms with Crippen LogP contribution in [0.3, 0.4) is 0 Å². The maximum atomic E-state index is 11.3. The van der Waals surface area contributed by atoms with Crippen LogP contribution in [-0.4, -0.2) is 44.3 Å². The quantitative estimate of drug-likeness (QED) is 0.665. The zero-order valence-electron chi connectivity index (χ0n) is 10.7. The predicted molar refractivity (Wildman–Crippen MR) is 71.8 cm³/mol. The lowest BCUT2D eigenvalue weighted by atomic mass is 9.93. The Hall–Kier alpha value is -3.42. The predicted octanol–water partition coefficient (Wildman–Crippen LogP) is 1.63. The van der Waals surface area contributed by atoms with Gasteiger partial charge in [0.25, 0.3) is 0 Å². The molecule has 0 spiro atoms. The molecule has 8 heteroatoms. The molecule has 0 radical (unpaired) electrons. The van der Waals surface area contributed by atoms with Crippen molar-refractivity contribution in [1.82, 2.24) is 0 Å². The van der Waals surface area contributed by atoms with Crippen LogP contribution in [0.4, 0.5) is 0 Å². The van der Waals surface area contributed by atoms with Gasteiger partial charge >= 0.3 is 23.9 Å². The molecule has 0 saturated carbocycles. The summed E-state index contributed by atoms with van der Waals surface area (Å²) in [6.07, 6.45) is 0. The first kappa shape index (κ1) is 15.0. The molecule has 22 heavy (non-hydrogen) atoms. The van der Waals surface area contributed by atoms with Crippen LogP contribution in [0.2, 0.25) is 0 Å². The topological polar surface area (TPSA) is 149 Å². The fourth-order valence-electron chi connectivity index (χ4n) is 2.13. The molecule has 0 atom stereocenters. The van der Waals surface area contributed by atoms with E-state index in [0.717, 1.165) is 24.3 Å². The summed E-state index contributed by atoms with van der Waals surface area (Å²) in [7, 11) is 0. The van der Waals surface area contributed by atoms with Gasteiger partial charge in [-0.15, -0.1) is 0 Å². The molecule has 0 aromatic heterocycles. The van der Waals surface area contributed by atoms with Gasteiger partial charge in [-0.3, -0.25) is 0 Å².